The molecule has 0 radical (unpaired) electrons. The normalized spacial score (nSPS) is 18.8. The van der Waals surface area contributed by atoms with Gasteiger partial charge in [0.25, 0.3) is 10.2 Å². The predicted octanol–water partition coefficient (Wildman–Crippen LogP) is 1.08. The summed E-state index contributed by atoms with van der Waals surface area (Å²) in [6, 6.07) is 2.90. The van der Waals surface area contributed by atoms with E-state index in [4.69, 9.17) is 0 Å². The summed E-state index contributed by atoms with van der Waals surface area (Å²) in [5, 5.41) is 1.71. The summed E-state index contributed by atoms with van der Waals surface area (Å²) < 4.78 is 54.9. The summed E-state index contributed by atoms with van der Waals surface area (Å²) in [6.07, 6.45) is 0.936. The lowest BCUT2D eigenvalue weighted by atomic mass is 10.1. The van der Waals surface area contributed by atoms with E-state index < -0.39 is 20.2 Å². The maximum atomic E-state index is 12.4. The smallest absolute Gasteiger partial charge is 0.207 e. The first-order valence-corrected chi connectivity index (χ1v) is 11.2. The Hall–Kier alpha value is -0.520. The van der Waals surface area contributed by atoms with E-state index in [1.807, 2.05) is 13.8 Å². The van der Waals surface area contributed by atoms with Crippen LogP contribution in [0.2, 0.25) is 0 Å². The van der Waals surface area contributed by atoms with E-state index in [0.29, 0.717) is 25.9 Å². The highest BCUT2D eigenvalue weighted by molar-refractivity contribution is 7.91. The summed E-state index contributed by atoms with van der Waals surface area (Å²) in [5.74, 6) is 0. The van der Waals surface area contributed by atoms with Crippen molar-refractivity contribution in [2.45, 2.75) is 43.0 Å². The molecule has 1 aromatic rings. The Kier molecular flexibility index (Phi) is 5.85. The van der Waals surface area contributed by atoms with Gasteiger partial charge in [0.15, 0.2) is 0 Å². The third-order valence-corrected chi connectivity index (χ3v) is 9.04. The number of hydrogen-bond donors (Lipinski definition) is 1. The molecule has 0 atom stereocenters. The molecule has 132 valence electrons. The first kappa shape index (κ1) is 18.8. The van der Waals surface area contributed by atoms with Crippen molar-refractivity contribution in [3.05, 3.63) is 17.5 Å². The van der Waals surface area contributed by atoms with E-state index in [1.165, 1.54) is 19.9 Å². The number of nitrogens with one attached hydrogen (secondary N) is 1. The summed E-state index contributed by atoms with van der Waals surface area (Å²) in [4.78, 5) is 0. The zero-order valence-corrected chi connectivity index (χ0v) is 15.9. The van der Waals surface area contributed by atoms with E-state index in [9.17, 15) is 16.8 Å². The van der Waals surface area contributed by atoms with Gasteiger partial charge in [0.05, 0.1) is 0 Å². The van der Waals surface area contributed by atoms with Gasteiger partial charge in [-0.2, -0.15) is 17.0 Å². The average molecular weight is 382 g/mol. The first-order chi connectivity index (χ1) is 10.6. The van der Waals surface area contributed by atoms with Crippen LogP contribution in [-0.2, 0) is 20.2 Å². The van der Waals surface area contributed by atoms with Crippen molar-refractivity contribution in [2.75, 3.05) is 20.1 Å². The van der Waals surface area contributed by atoms with Crippen molar-refractivity contribution < 1.29 is 16.8 Å². The summed E-state index contributed by atoms with van der Waals surface area (Å²) in [6.45, 7) is 4.27. The Labute approximate surface area is 142 Å². The van der Waals surface area contributed by atoms with Crippen molar-refractivity contribution in [2.24, 2.45) is 0 Å². The Bertz CT molecular complexity index is 706. The lowest BCUT2D eigenvalue weighted by molar-refractivity contribution is 0.279. The fraction of sp³-hybridized carbons (Fsp3) is 0.692. The molecule has 0 unspecified atom stereocenters. The molecule has 1 aliphatic rings. The minimum atomic E-state index is -3.51. The molecule has 10 heteroatoms. The quantitative estimate of drug-likeness (QED) is 0.799. The number of nitrogens with zero attached hydrogens (tertiary/aromatic N) is 2. The van der Waals surface area contributed by atoms with Crippen LogP contribution in [-0.4, -0.2) is 57.7 Å². The monoisotopic (exact) mass is 381 g/mol. The van der Waals surface area contributed by atoms with Gasteiger partial charge in [0, 0.05) is 32.2 Å². The minimum Gasteiger partial charge on any atom is -0.207 e. The number of thiophene rings is 1. The lowest BCUT2D eigenvalue weighted by Crippen LogP contribution is -2.51. The van der Waals surface area contributed by atoms with Gasteiger partial charge < -0.3 is 0 Å². The third-order valence-electron chi connectivity index (χ3n) is 3.95. The average Bonchev–Trinajstić information content (AvgIpc) is 3.01. The number of hydrogen-bond acceptors (Lipinski definition) is 5. The molecule has 0 aromatic carbocycles. The molecular weight excluding hydrogens is 358 g/mol. The van der Waals surface area contributed by atoms with Crippen LogP contribution in [0.1, 0.15) is 26.7 Å². The van der Waals surface area contributed by atoms with Gasteiger partial charge in [0.2, 0.25) is 10.0 Å². The second-order valence-electron chi connectivity index (χ2n) is 5.84. The van der Waals surface area contributed by atoms with Gasteiger partial charge in [-0.05, 0) is 38.1 Å². The van der Waals surface area contributed by atoms with Crippen LogP contribution in [0, 0.1) is 0 Å². The first-order valence-electron chi connectivity index (χ1n) is 7.43. The number of piperidine rings is 1. The van der Waals surface area contributed by atoms with Gasteiger partial charge in [-0.25, -0.2) is 13.1 Å². The molecule has 0 amide bonds. The van der Waals surface area contributed by atoms with Crippen molar-refractivity contribution in [1.82, 2.24) is 13.3 Å². The van der Waals surface area contributed by atoms with E-state index in [1.54, 1.807) is 24.6 Å². The lowest BCUT2D eigenvalue weighted by Gasteiger charge is -2.34. The molecule has 0 spiro atoms. The van der Waals surface area contributed by atoms with Crippen molar-refractivity contribution in [3.63, 3.8) is 0 Å². The highest BCUT2D eigenvalue weighted by Gasteiger charge is 2.33. The van der Waals surface area contributed by atoms with Crippen LogP contribution in [0.4, 0.5) is 0 Å². The Morgan fingerprint density at radius 2 is 1.87 bits per heavy atom. The summed E-state index contributed by atoms with van der Waals surface area (Å²) in [5.41, 5.74) is 0. The zero-order valence-electron chi connectivity index (χ0n) is 13.5. The van der Waals surface area contributed by atoms with E-state index >= 15 is 0 Å². The molecule has 0 bridgehead atoms. The molecule has 2 rings (SSSR count). The summed E-state index contributed by atoms with van der Waals surface area (Å²) >= 11 is 1.17. The topological polar surface area (TPSA) is 86.8 Å². The molecule has 1 N–H and O–H groups in total. The van der Waals surface area contributed by atoms with Gasteiger partial charge in [-0.15, -0.1) is 11.3 Å². The third kappa shape index (κ3) is 4.31. The van der Waals surface area contributed by atoms with Gasteiger partial charge in [-0.3, -0.25) is 0 Å². The largest absolute Gasteiger partial charge is 0.281 e. The van der Waals surface area contributed by atoms with Crippen LogP contribution in [0.25, 0.3) is 0 Å². The molecule has 1 aliphatic heterocycles. The van der Waals surface area contributed by atoms with Crippen molar-refractivity contribution >= 4 is 31.6 Å². The molecule has 0 saturated carbocycles. The Morgan fingerprint density at radius 1 is 1.26 bits per heavy atom. The van der Waals surface area contributed by atoms with Gasteiger partial charge in [-0.1, -0.05) is 6.07 Å². The highest BCUT2D eigenvalue weighted by atomic mass is 32.2. The SMILES string of the molecule is CC(C)N(C)S(=O)(=O)N1CCC(NS(=O)(=O)c2cccs2)CC1. The van der Waals surface area contributed by atoms with Gasteiger partial charge >= 0.3 is 0 Å². The van der Waals surface area contributed by atoms with Crippen molar-refractivity contribution in [1.29, 1.82) is 0 Å². The van der Waals surface area contributed by atoms with E-state index in [2.05, 4.69) is 4.72 Å². The molecule has 1 aromatic heterocycles. The van der Waals surface area contributed by atoms with Crippen LogP contribution in [0.5, 0.6) is 0 Å². The standard InChI is InChI=1S/C13H23N3O4S3/c1-11(2)15(3)23(19,20)16-8-6-12(7-9-16)14-22(17,18)13-5-4-10-21-13/h4-5,10-12,14H,6-9H2,1-3H3. The fourth-order valence-corrected chi connectivity index (χ4v) is 6.23. The van der Waals surface area contributed by atoms with Crippen LogP contribution in [0.15, 0.2) is 21.7 Å². The second-order valence-corrected chi connectivity index (χ2v) is 10.7. The minimum absolute atomic E-state index is 0.116. The fourth-order valence-electron chi connectivity index (χ4n) is 2.35. The van der Waals surface area contributed by atoms with Crippen LogP contribution < -0.4 is 4.72 Å². The number of sulfonamides is 1. The highest BCUT2D eigenvalue weighted by Crippen LogP contribution is 2.21. The van der Waals surface area contributed by atoms with Crippen LogP contribution >= 0.6 is 11.3 Å². The molecular formula is C13H23N3O4S3. The molecule has 1 saturated heterocycles. The zero-order chi connectivity index (χ0) is 17.3. The van der Waals surface area contributed by atoms with E-state index in [0.717, 1.165) is 0 Å². The predicted molar refractivity (Wildman–Crippen MR) is 91.1 cm³/mol. The van der Waals surface area contributed by atoms with Gasteiger partial charge in [0.1, 0.15) is 4.21 Å². The Morgan fingerprint density at radius 3 is 2.35 bits per heavy atom. The Balaban J connectivity index is 1.97. The maximum Gasteiger partial charge on any atom is 0.281 e. The molecule has 0 aliphatic carbocycles. The van der Waals surface area contributed by atoms with Crippen molar-refractivity contribution in [3.8, 4) is 0 Å². The molecule has 23 heavy (non-hydrogen) atoms. The maximum absolute atomic E-state index is 12.4. The van der Waals surface area contributed by atoms with Crippen LogP contribution in [0.3, 0.4) is 0 Å². The van der Waals surface area contributed by atoms with E-state index in [-0.39, 0.29) is 16.3 Å². The molecule has 2 heterocycles. The summed E-state index contributed by atoms with van der Waals surface area (Å²) in [7, 11) is -5.43. The molecule has 1 fully saturated rings. The molecule has 7 nitrogen and oxygen atoms in total. The number of rotatable bonds is 6. The second kappa shape index (κ2) is 7.16.